The van der Waals surface area contributed by atoms with Gasteiger partial charge in [-0.3, -0.25) is 4.79 Å². The van der Waals surface area contributed by atoms with Gasteiger partial charge in [0.15, 0.2) is 0 Å². The van der Waals surface area contributed by atoms with Crippen LogP contribution in [0.25, 0.3) is 11.0 Å². The molecule has 7 nitrogen and oxygen atoms in total. The van der Waals surface area contributed by atoms with Crippen molar-refractivity contribution < 1.29 is 24.2 Å². The summed E-state index contributed by atoms with van der Waals surface area (Å²) in [5.41, 5.74) is 1.30. The number of aliphatic carboxylic acids is 1. The number of carboxylic acids is 1. The van der Waals surface area contributed by atoms with Crippen molar-refractivity contribution in [1.82, 2.24) is 5.32 Å². The average molecular weight is 429 g/mol. The van der Waals surface area contributed by atoms with Crippen LogP contribution in [0.15, 0.2) is 45.6 Å². The quantitative estimate of drug-likeness (QED) is 0.577. The highest BCUT2D eigenvalue weighted by Crippen LogP contribution is 2.29. The highest BCUT2D eigenvalue weighted by molar-refractivity contribution is 6.30. The third kappa shape index (κ3) is 4.63. The van der Waals surface area contributed by atoms with Crippen LogP contribution in [0.5, 0.6) is 5.75 Å². The van der Waals surface area contributed by atoms with Crippen molar-refractivity contribution in [3.8, 4) is 5.75 Å². The maximum Gasteiger partial charge on any atom is 0.340 e. The number of nitrogens with one attached hydrogen (secondary N) is 1. The van der Waals surface area contributed by atoms with Gasteiger partial charge in [0.25, 0.3) is 0 Å². The van der Waals surface area contributed by atoms with Crippen LogP contribution >= 0.6 is 11.6 Å². The number of fused-ring (bicyclic) bond motifs is 1. The van der Waals surface area contributed by atoms with Crippen molar-refractivity contribution in [3.05, 3.63) is 74.1 Å². The number of benzene rings is 2. The monoisotopic (exact) mass is 428 g/mol. The number of aryl methyl sites for hydroxylation is 2. The highest BCUT2D eigenvalue weighted by Gasteiger charge is 2.20. The van der Waals surface area contributed by atoms with Crippen LogP contribution in [-0.4, -0.2) is 23.0 Å². The molecule has 1 atom stereocenters. The van der Waals surface area contributed by atoms with Gasteiger partial charge in [0.2, 0.25) is 5.91 Å². The standard InChI is InChI=1S/C22H20ClNO6/c1-11-7-17(25)20-12(2)15(22(29)30-18(20)8-11)10-19(26)24-16(21(27)28)9-13-3-5-14(23)6-4-13/h3-8,16,25H,9-10H2,1-2H3,(H,24,26)(H,27,28)/p-1/t16-/m0/s1. The van der Waals surface area contributed by atoms with Gasteiger partial charge in [0.1, 0.15) is 11.3 Å². The number of hydrogen-bond acceptors (Lipinski definition) is 6. The lowest BCUT2D eigenvalue weighted by Gasteiger charge is -2.20. The fraction of sp³-hybridized carbons (Fsp3) is 0.227. The Hall–Kier alpha value is -3.32. The Morgan fingerprint density at radius 3 is 2.50 bits per heavy atom. The number of hydrogen-bond donors (Lipinski definition) is 2. The molecule has 1 amide bonds. The van der Waals surface area contributed by atoms with Gasteiger partial charge >= 0.3 is 5.63 Å². The van der Waals surface area contributed by atoms with Crippen molar-refractivity contribution >= 4 is 34.4 Å². The van der Waals surface area contributed by atoms with Gasteiger partial charge in [-0.1, -0.05) is 23.7 Å². The van der Waals surface area contributed by atoms with Crippen LogP contribution in [0.4, 0.5) is 0 Å². The molecule has 1 heterocycles. The van der Waals surface area contributed by atoms with E-state index in [0.29, 0.717) is 27.1 Å². The molecule has 0 aliphatic rings. The molecule has 0 saturated carbocycles. The van der Waals surface area contributed by atoms with Gasteiger partial charge in [0.05, 0.1) is 29.4 Å². The molecular formula is C22H19ClNO6-. The summed E-state index contributed by atoms with van der Waals surface area (Å²) in [5.74, 6) is -2.20. The minimum Gasteiger partial charge on any atom is -0.548 e. The zero-order valence-corrected chi connectivity index (χ0v) is 17.1. The Kier molecular flexibility index (Phi) is 6.12. The Balaban J connectivity index is 1.83. The zero-order chi connectivity index (χ0) is 22.0. The second-order valence-electron chi connectivity index (χ2n) is 7.10. The van der Waals surface area contributed by atoms with E-state index < -0.39 is 30.0 Å². The fourth-order valence-corrected chi connectivity index (χ4v) is 3.44. The first-order valence-electron chi connectivity index (χ1n) is 9.16. The number of phenols is 1. The van der Waals surface area contributed by atoms with E-state index in [9.17, 15) is 24.6 Å². The number of amides is 1. The van der Waals surface area contributed by atoms with Crippen molar-refractivity contribution in [1.29, 1.82) is 0 Å². The SMILES string of the molecule is Cc1cc(O)c2c(C)c(CC(=O)N[C@@H](Cc3ccc(Cl)cc3)C(=O)[O-])c(=O)oc2c1. The predicted molar refractivity (Wildman–Crippen MR) is 109 cm³/mol. The Bertz CT molecular complexity index is 1180. The predicted octanol–water partition coefficient (Wildman–Crippen LogP) is 1.79. The van der Waals surface area contributed by atoms with Gasteiger partial charge in [0, 0.05) is 5.02 Å². The second-order valence-corrected chi connectivity index (χ2v) is 7.53. The van der Waals surface area contributed by atoms with Gasteiger partial charge < -0.3 is 24.7 Å². The van der Waals surface area contributed by atoms with Crippen molar-refractivity contribution in [2.45, 2.75) is 32.7 Å². The van der Waals surface area contributed by atoms with Gasteiger partial charge in [-0.15, -0.1) is 0 Å². The van der Waals surface area contributed by atoms with Gasteiger partial charge in [-0.2, -0.15) is 0 Å². The molecule has 3 aromatic rings. The smallest absolute Gasteiger partial charge is 0.340 e. The summed E-state index contributed by atoms with van der Waals surface area (Å²) in [6.45, 7) is 3.34. The first kappa shape index (κ1) is 21.4. The summed E-state index contributed by atoms with van der Waals surface area (Å²) in [5, 5.41) is 24.9. The number of carboxylic acid groups (broad SMARTS) is 1. The summed E-state index contributed by atoms with van der Waals surface area (Å²) >= 11 is 5.82. The number of carbonyl (C=O) groups excluding carboxylic acids is 2. The number of phenolic OH excluding ortho intramolecular Hbond substituents is 1. The first-order valence-corrected chi connectivity index (χ1v) is 9.54. The molecule has 1 aromatic heterocycles. The largest absolute Gasteiger partial charge is 0.548 e. The molecule has 156 valence electrons. The van der Waals surface area contributed by atoms with E-state index in [2.05, 4.69) is 5.32 Å². The number of carbonyl (C=O) groups is 2. The van der Waals surface area contributed by atoms with Crippen LogP contribution in [-0.2, 0) is 22.4 Å². The van der Waals surface area contributed by atoms with E-state index >= 15 is 0 Å². The van der Waals surface area contributed by atoms with Gasteiger partial charge in [-0.25, -0.2) is 4.79 Å². The summed E-state index contributed by atoms with van der Waals surface area (Å²) in [4.78, 5) is 36.3. The second kappa shape index (κ2) is 8.59. The van der Waals surface area contributed by atoms with E-state index in [-0.39, 0.29) is 23.3 Å². The lowest BCUT2D eigenvalue weighted by molar-refractivity contribution is -0.308. The highest BCUT2D eigenvalue weighted by atomic mass is 35.5. The van der Waals surface area contributed by atoms with E-state index in [0.717, 1.165) is 0 Å². The molecule has 2 N–H and O–H groups in total. The molecule has 2 aromatic carbocycles. The molecule has 0 aliphatic carbocycles. The molecule has 8 heteroatoms. The van der Waals surface area contributed by atoms with Crippen LogP contribution in [0.2, 0.25) is 5.02 Å². The molecule has 0 bridgehead atoms. The lowest BCUT2D eigenvalue weighted by Crippen LogP contribution is -2.49. The van der Waals surface area contributed by atoms with Crippen molar-refractivity contribution in [2.24, 2.45) is 0 Å². The van der Waals surface area contributed by atoms with Crippen molar-refractivity contribution in [3.63, 3.8) is 0 Å². The first-order chi connectivity index (χ1) is 14.2. The van der Waals surface area contributed by atoms with E-state index in [1.807, 2.05) is 0 Å². The molecule has 0 fully saturated rings. The Labute approximate surface area is 176 Å². The number of aromatic hydroxyl groups is 1. The Morgan fingerprint density at radius 2 is 1.87 bits per heavy atom. The minimum atomic E-state index is -1.45. The minimum absolute atomic E-state index is 0.00336. The summed E-state index contributed by atoms with van der Waals surface area (Å²) < 4.78 is 5.26. The molecule has 0 radical (unpaired) electrons. The maximum absolute atomic E-state index is 12.5. The normalized spacial score (nSPS) is 12.0. The molecule has 3 rings (SSSR count). The molecule has 30 heavy (non-hydrogen) atoms. The average Bonchev–Trinajstić information content (AvgIpc) is 2.65. The third-order valence-electron chi connectivity index (χ3n) is 4.81. The molecule has 0 spiro atoms. The Morgan fingerprint density at radius 1 is 1.20 bits per heavy atom. The van der Waals surface area contributed by atoms with E-state index in [1.165, 1.54) is 6.07 Å². The van der Waals surface area contributed by atoms with E-state index in [1.54, 1.807) is 44.2 Å². The van der Waals surface area contributed by atoms with Crippen LogP contribution in [0.1, 0.15) is 22.3 Å². The number of halogens is 1. The van der Waals surface area contributed by atoms with Gasteiger partial charge in [-0.05, 0) is 61.2 Å². The summed E-state index contributed by atoms with van der Waals surface area (Å²) in [7, 11) is 0. The molecular weight excluding hydrogens is 410 g/mol. The third-order valence-corrected chi connectivity index (χ3v) is 5.06. The zero-order valence-electron chi connectivity index (χ0n) is 16.3. The van der Waals surface area contributed by atoms with Crippen LogP contribution in [0.3, 0.4) is 0 Å². The fourth-order valence-electron chi connectivity index (χ4n) is 3.32. The van der Waals surface area contributed by atoms with Crippen molar-refractivity contribution in [2.75, 3.05) is 0 Å². The molecule has 0 saturated heterocycles. The van der Waals surface area contributed by atoms with Crippen LogP contribution < -0.4 is 16.0 Å². The van der Waals surface area contributed by atoms with Crippen LogP contribution in [0, 0.1) is 13.8 Å². The molecule has 0 aliphatic heterocycles. The van der Waals surface area contributed by atoms with E-state index in [4.69, 9.17) is 16.0 Å². The maximum atomic E-state index is 12.5. The summed E-state index contributed by atoms with van der Waals surface area (Å²) in [6.07, 6.45) is -0.404. The lowest BCUT2D eigenvalue weighted by atomic mass is 10.0. The summed E-state index contributed by atoms with van der Waals surface area (Å²) in [6, 6.07) is 8.38. The topological polar surface area (TPSA) is 120 Å². The number of rotatable bonds is 6. The molecule has 0 unspecified atom stereocenters.